The molecular weight excluding hydrogens is 631 g/mol. The number of nitrogens with zero attached hydrogens (tertiary/aromatic N) is 4. The second-order valence-corrected chi connectivity index (χ2v) is 12.0. The number of rotatable bonds is 7. The number of anilines is 1. The minimum absolute atomic E-state index is 0.0854. The second-order valence-electron chi connectivity index (χ2n) is 12.0. The van der Waals surface area contributed by atoms with E-state index in [2.05, 4.69) is 9.89 Å². The molecule has 3 aliphatic heterocycles. The van der Waals surface area contributed by atoms with Crippen LogP contribution in [0.15, 0.2) is 71.7 Å². The van der Waals surface area contributed by atoms with E-state index in [-0.39, 0.29) is 36.2 Å². The highest BCUT2D eigenvalue weighted by Gasteiger charge is 2.49. The maximum Gasteiger partial charge on any atom is 0.417 e. The van der Waals surface area contributed by atoms with Crippen LogP contribution in [0.5, 0.6) is 0 Å². The van der Waals surface area contributed by atoms with Crippen LogP contribution in [0.4, 0.5) is 36.4 Å². The summed E-state index contributed by atoms with van der Waals surface area (Å²) in [7, 11) is 0. The summed E-state index contributed by atoms with van der Waals surface area (Å²) in [5, 5.41) is 0. The Morgan fingerprint density at radius 1 is 0.979 bits per heavy atom. The SMILES string of the molecule is NC1=N[C@](CCCC(F)(F)F)(c2ccc(F)cc2)C(=O)N1Cc1ccc(C(F)(F)F)c(C(=O)N2CCN3c4ccccc4CC3C2)c1. The summed E-state index contributed by atoms with van der Waals surface area (Å²) in [4.78, 5) is 36.4. The van der Waals surface area contributed by atoms with Crippen molar-refractivity contribution >= 4 is 23.5 Å². The fourth-order valence-electron chi connectivity index (χ4n) is 6.77. The van der Waals surface area contributed by atoms with Crippen molar-refractivity contribution in [3.63, 3.8) is 0 Å². The van der Waals surface area contributed by atoms with Gasteiger partial charge in [0.05, 0.1) is 23.7 Å². The molecule has 0 aromatic heterocycles. The monoisotopic (exact) mass is 661 g/mol. The van der Waals surface area contributed by atoms with Crippen LogP contribution in [0, 0.1) is 5.82 Å². The molecule has 2 atom stereocenters. The minimum atomic E-state index is -4.85. The number of hydrogen-bond acceptors (Lipinski definition) is 5. The van der Waals surface area contributed by atoms with E-state index in [1.165, 1.54) is 17.0 Å². The highest BCUT2D eigenvalue weighted by atomic mass is 19.4. The molecule has 14 heteroatoms. The van der Waals surface area contributed by atoms with Crippen molar-refractivity contribution in [1.29, 1.82) is 0 Å². The maximum absolute atomic E-state index is 14.2. The molecule has 7 nitrogen and oxygen atoms in total. The highest BCUT2D eigenvalue weighted by molar-refractivity contribution is 6.07. The van der Waals surface area contributed by atoms with Crippen molar-refractivity contribution in [2.24, 2.45) is 10.7 Å². The summed E-state index contributed by atoms with van der Waals surface area (Å²) < 4.78 is 95.2. The molecule has 3 aromatic rings. The molecule has 0 aliphatic carbocycles. The number of fused-ring (bicyclic) bond motifs is 3. The predicted octanol–water partition coefficient (Wildman–Crippen LogP) is 6.02. The Labute approximate surface area is 265 Å². The van der Waals surface area contributed by atoms with Gasteiger partial charge in [-0.05, 0) is 66.3 Å². The van der Waals surface area contributed by atoms with E-state index in [1.807, 2.05) is 24.3 Å². The van der Waals surface area contributed by atoms with Gasteiger partial charge in [0.15, 0.2) is 11.5 Å². The van der Waals surface area contributed by atoms with Gasteiger partial charge < -0.3 is 15.5 Å². The van der Waals surface area contributed by atoms with Gasteiger partial charge in [0, 0.05) is 31.7 Å². The highest BCUT2D eigenvalue weighted by Crippen LogP contribution is 2.41. The number of benzene rings is 3. The number of alkyl halides is 6. The van der Waals surface area contributed by atoms with Crippen LogP contribution < -0.4 is 10.6 Å². The summed E-state index contributed by atoms with van der Waals surface area (Å²) in [5.74, 6) is -2.62. The van der Waals surface area contributed by atoms with Gasteiger partial charge in [-0.3, -0.25) is 14.5 Å². The Morgan fingerprint density at radius 3 is 2.40 bits per heavy atom. The zero-order chi connectivity index (χ0) is 33.7. The summed E-state index contributed by atoms with van der Waals surface area (Å²) in [5.41, 5.74) is 4.90. The zero-order valence-electron chi connectivity index (χ0n) is 24.9. The zero-order valence-corrected chi connectivity index (χ0v) is 24.9. The van der Waals surface area contributed by atoms with Crippen LogP contribution in [-0.4, -0.2) is 59.4 Å². The molecule has 248 valence electrons. The molecular formula is C33H30F7N5O2. The van der Waals surface area contributed by atoms with E-state index < -0.39 is 72.5 Å². The lowest BCUT2D eigenvalue weighted by Gasteiger charge is -2.39. The Morgan fingerprint density at radius 2 is 1.70 bits per heavy atom. The minimum Gasteiger partial charge on any atom is -0.369 e. The molecule has 1 fully saturated rings. The van der Waals surface area contributed by atoms with Gasteiger partial charge in [0.25, 0.3) is 11.8 Å². The first-order valence-electron chi connectivity index (χ1n) is 15.0. The van der Waals surface area contributed by atoms with Gasteiger partial charge in [-0.1, -0.05) is 36.4 Å². The third kappa shape index (κ3) is 6.24. The van der Waals surface area contributed by atoms with Crippen molar-refractivity contribution < 1.29 is 40.3 Å². The van der Waals surface area contributed by atoms with Crippen molar-refractivity contribution in [2.75, 3.05) is 24.5 Å². The van der Waals surface area contributed by atoms with Crippen LogP contribution >= 0.6 is 0 Å². The van der Waals surface area contributed by atoms with E-state index in [0.717, 1.165) is 46.5 Å². The largest absolute Gasteiger partial charge is 0.417 e. The molecule has 47 heavy (non-hydrogen) atoms. The molecule has 1 unspecified atom stereocenters. The lowest BCUT2D eigenvalue weighted by molar-refractivity contribution is -0.139. The number of amides is 2. The Balaban J connectivity index is 1.26. The number of aliphatic imine (C=N–C) groups is 1. The Bertz CT molecular complexity index is 1720. The fourth-order valence-corrected chi connectivity index (χ4v) is 6.77. The average molecular weight is 662 g/mol. The summed E-state index contributed by atoms with van der Waals surface area (Å²) in [6, 6.07) is 15.2. The van der Waals surface area contributed by atoms with E-state index in [0.29, 0.717) is 13.0 Å². The van der Waals surface area contributed by atoms with Crippen LogP contribution in [0.2, 0.25) is 0 Å². The molecule has 2 N–H and O–H groups in total. The van der Waals surface area contributed by atoms with Gasteiger partial charge in [0.2, 0.25) is 0 Å². The van der Waals surface area contributed by atoms with E-state index in [1.54, 1.807) is 0 Å². The molecule has 0 saturated carbocycles. The lowest BCUT2D eigenvalue weighted by atomic mass is 9.84. The van der Waals surface area contributed by atoms with E-state index in [9.17, 15) is 40.3 Å². The normalized spacial score (nSPS) is 21.2. The number of guanidine groups is 1. The van der Waals surface area contributed by atoms with E-state index >= 15 is 0 Å². The van der Waals surface area contributed by atoms with Crippen molar-refractivity contribution in [3.8, 4) is 0 Å². The second kappa shape index (κ2) is 11.9. The third-order valence-corrected chi connectivity index (χ3v) is 8.99. The molecule has 3 aliphatic rings. The number of piperazine rings is 1. The molecule has 6 rings (SSSR count). The number of hydrogen-bond donors (Lipinski definition) is 1. The van der Waals surface area contributed by atoms with Gasteiger partial charge in [-0.25, -0.2) is 9.38 Å². The van der Waals surface area contributed by atoms with Crippen LogP contribution in [-0.2, 0) is 29.5 Å². The third-order valence-electron chi connectivity index (χ3n) is 8.99. The fraction of sp³-hybridized carbons (Fsp3) is 0.364. The van der Waals surface area contributed by atoms with Crippen LogP contribution in [0.25, 0.3) is 0 Å². The number of halogens is 7. The first kappa shape index (κ1) is 32.3. The molecule has 1 saturated heterocycles. The number of carbonyl (C=O) groups is 2. The molecule has 2 amide bonds. The summed E-state index contributed by atoms with van der Waals surface area (Å²) in [6.07, 6.45) is -10.8. The topological polar surface area (TPSA) is 82.2 Å². The Kier molecular flexibility index (Phi) is 8.17. The number of para-hydroxylation sites is 1. The molecule has 3 heterocycles. The molecule has 0 radical (unpaired) electrons. The standard InChI is InChI=1S/C33H30F7N5O2/c34-23-9-7-22(8-10-23)31(12-3-13-32(35,36)37)29(47)45(30(41)42-31)18-20-6-11-26(33(38,39)40)25(16-20)28(46)43-14-15-44-24(19-43)17-21-4-1-2-5-27(21)44/h1-2,4-11,16,24H,3,12-15,17-19H2,(H2,41,42)/t24?,31-/m1/s1. The summed E-state index contributed by atoms with van der Waals surface area (Å²) >= 11 is 0. The first-order valence-corrected chi connectivity index (χ1v) is 15.0. The summed E-state index contributed by atoms with van der Waals surface area (Å²) in [6.45, 7) is 0.467. The average Bonchev–Trinajstić information content (AvgIpc) is 3.50. The van der Waals surface area contributed by atoms with Gasteiger partial charge in [0.1, 0.15) is 5.82 Å². The van der Waals surface area contributed by atoms with Crippen molar-refractivity contribution in [2.45, 2.75) is 56.2 Å². The Hall–Kier alpha value is -4.62. The number of nitrogens with two attached hydrogens (primary N) is 1. The van der Waals surface area contributed by atoms with Gasteiger partial charge in [-0.2, -0.15) is 26.3 Å². The molecule has 0 spiro atoms. The van der Waals surface area contributed by atoms with Gasteiger partial charge >= 0.3 is 12.4 Å². The first-order chi connectivity index (χ1) is 22.2. The van der Waals surface area contributed by atoms with Crippen molar-refractivity contribution in [1.82, 2.24) is 9.80 Å². The quantitative estimate of drug-likeness (QED) is 0.315. The smallest absolute Gasteiger partial charge is 0.369 e. The predicted molar refractivity (Wildman–Crippen MR) is 159 cm³/mol. The van der Waals surface area contributed by atoms with Crippen molar-refractivity contribution in [3.05, 3.63) is 100 Å². The number of carbonyl (C=O) groups excluding carboxylic acids is 2. The molecule has 3 aromatic carbocycles. The van der Waals surface area contributed by atoms with E-state index in [4.69, 9.17) is 5.73 Å². The van der Waals surface area contributed by atoms with Crippen LogP contribution in [0.1, 0.15) is 51.9 Å². The molecule has 0 bridgehead atoms. The lowest BCUT2D eigenvalue weighted by Crippen LogP contribution is -2.53. The van der Waals surface area contributed by atoms with Crippen LogP contribution in [0.3, 0.4) is 0 Å². The maximum atomic E-state index is 14.2. The van der Waals surface area contributed by atoms with Gasteiger partial charge in [-0.15, -0.1) is 0 Å².